The Balaban J connectivity index is 2.22. The minimum absolute atomic E-state index is 0.00884. The second kappa shape index (κ2) is 5.35. The van der Waals surface area contributed by atoms with Gasteiger partial charge in [-0.25, -0.2) is 8.78 Å². The molecule has 0 bridgehead atoms. The summed E-state index contributed by atoms with van der Waals surface area (Å²) < 4.78 is 26.6. The lowest BCUT2D eigenvalue weighted by Gasteiger charge is -2.03. The van der Waals surface area contributed by atoms with E-state index in [1.165, 1.54) is 30.5 Å². The highest BCUT2D eigenvalue weighted by Gasteiger charge is 2.12. The van der Waals surface area contributed by atoms with Crippen LogP contribution in [0.1, 0.15) is 15.9 Å². The molecule has 0 amide bonds. The molecule has 0 aliphatic rings. The van der Waals surface area contributed by atoms with Crippen molar-refractivity contribution in [3.05, 3.63) is 63.9 Å². The third-order valence-electron chi connectivity index (χ3n) is 2.42. The molecule has 0 unspecified atom stereocenters. The Hall–Kier alpha value is -1.62. The molecule has 0 fully saturated rings. The summed E-state index contributed by atoms with van der Waals surface area (Å²) in [6.07, 6.45) is 2.37. The molecule has 18 heavy (non-hydrogen) atoms. The maximum absolute atomic E-state index is 13.3. The van der Waals surface area contributed by atoms with E-state index in [4.69, 9.17) is 0 Å². The predicted octanol–water partition coefficient (Wildman–Crippen LogP) is 3.55. The third-order valence-corrected chi connectivity index (χ3v) is 3.03. The van der Waals surface area contributed by atoms with Gasteiger partial charge in [-0.3, -0.25) is 9.78 Å². The first-order chi connectivity index (χ1) is 8.58. The molecule has 5 heteroatoms. The number of nitrogens with zero attached hydrogens (tertiary/aromatic N) is 1. The quantitative estimate of drug-likeness (QED) is 0.811. The molecule has 92 valence electrons. The topological polar surface area (TPSA) is 30.0 Å². The number of hydrogen-bond donors (Lipinski definition) is 0. The molecule has 2 nitrogen and oxygen atoms in total. The Morgan fingerprint density at radius 1 is 1.22 bits per heavy atom. The molecule has 0 aliphatic carbocycles. The predicted molar refractivity (Wildman–Crippen MR) is 66.3 cm³/mol. The van der Waals surface area contributed by atoms with E-state index in [0.717, 1.165) is 6.20 Å². The van der Waals surface area contributed by atoms with E-state index in [9.17, 15) is 13.6 Å². The fourth-order valence-corrected chi connectivity index (χ4v) is 1.96. The molecule has 1 heterocycles. The largest absolute Gasteiger partial charge is 0.294 e. The Bertz CT molecular complexity index is 601. The second-order valence-electron chi connectivity index (χ2n) is 3.70. The van der Waals surface area contributed by atoms with Crippen LogP contribution in [-0.4, -0.2) is 10.8 Å². The van der Waals surface area contributed by atoms with Crippen LogP contribution in [0.25, 0.3) is 0 Å². The van der Waals surface area contributed by atoms with E-state index < -0.39 is 11.6 Å². The van der Waals surface area contributed by atoms with Crippen molar-refractivity contribution >= 4 is 21.7 Å². The van der Waals surface area contributed by atoms with Crippen molar-refractivity contribution in [2.45, 2.75) is 6.42 Å². The number of rotatable bonds is 3. The average molecular weight is 312 g/mol. The molecular formula is C13H8BrF2NO. The molecule has 0 saturated heterocycles. The first kappa shape index (κ1) is 12.8. The van der Waals surface area contributed by atoms with E-state index in [1.807, 2.05) is 0 Å². The summed E-state index contributed by atoms with van der Waals surface area (Å²) in [5, 5.41) is 0. The summed E-state index contributed by atoms with van der Waals surface area (Å²) in [7, 11) is 0. The van der Waals surface area contributed by atoms with Crippen LogP contribution >= 0.6 is 15.9 Å². The fourth-order valence-electron chi connectivity index (χ4n) is 1.53. The molecule has 0 spiro atoms. The van der Waals surface area contributed by atoms with E-state index in [0.29, 0.717) is 5.56 Å². The monoisotopic (exact) mass is 311 g/mol. The van der Waals surface area contributed by atoms with Crippen molar-refractivity contribution in [2.24, 2.45) is 0 Å². The SMILES string of the molecule is O=C(Cc1ccc(F)c(Br)c1)c1ccncc1F. The van der Waals surface area contributed by atoms with Gasteiger partial charge in [0.2, 0.25) is 0 Å². The van der Waals surface area contributed by atoms with Gasteiger partial charge in [0.1, 0.15) is 5.82 Å². The van der Waals surface area contributed by atoms with Crippen LogP contribution in [0.3, 0.4) is 0 Å². The zero-order chi connectivity index (χ0) is 13.1. The first-order valence-corrected chi connectivity index (χ1v) is 5.94. The number of hydrogen-bond acceptors (Lipinski definition) is 2. The minimum Gasteiger partial charge on any atom is -0.294 e. The number of Topliss-reactive ketones (excluding diaryl/α,β-unsaturated/α-hetero) is 1. The summed E-state index contributed by atoms with van der Waals surface area (Å²) in [5.41, 5.74) is 0.606. The molecule has 0 saturated carbocycles. The molecule has 2 rings (SSSR count). The molecule has 0 atom stereocenters. The van der Waals surface area contributed by atoms with Gasteiger partial charge in [-0.1, -0.05) is 6.07 Å². The number of ketones is 1. The maximum atomic E-state index is 13.3. The normalized spacial score (nSPS) is 10.4. The molecular weight excluding hydrogens is 304 g/mol. The van der Waals surface area contributed by atoms with E-state index in [2.05, 4.69) is 20.9 Å². The van der Waals surface area contributed by atoms with Gasteiger partial charge in [0.25, 0.3) is 0 Å². The lowest BCUT2D eigenvalue weighted by molar-refractivity contribution is 0.0989. The lowest BCUT2D eigenvalue weighted by Crippen LogP contribution is -2.06. The van der Waals surface area contributed by atoms with Gasteiger partial charge in [0.05, 0.1) is 16.2 Å². The minimum atomic E-state index is -0.649. The van der Waals surface area contributed by atoms with Crippen LogP contribution < -0.4 is 0 Å². The van der Waals surface area contributed by atoms with Crippen LogP contribution in [0.2, 0.25) is 0 Å². The van der Waals surface area contributed by atoms with Crippen molar-refractivity contribution in [1.82, 2.24) is 4.98 Å². The van der Waals surface area contributed by atoms with Gasteiger partial charge in [-0.05, 0) is 39.7 Å². The smallest absolute Gasteiger partial charge is 0.170 e. The van der Waals surface area contributed by atoms with Gasteiger partial charge < -0.3 is 0 Å². The summed E-state index contributed by atoms with van der Waals surface area (Å²) in [6.45, 7) is 0. The Kier molecular flexibility index (Phi) is 3.81. The van der Waals surface area contributed by atoms with Crippen LogP contribution in [0.5, 0.6) is 0 Å². The zero-order valence-electron chi connectivity index (χ0n) is 9.16. The van der Waals surface area contributed by atoms with Gasteiger partial charge in [-0.2, -0.15) is 0 Å². The summed E-state index contributed by atoms with van der Waals surface area (Å²) in [5.74, 6) is -1.42. The molecule has 1 aromatic carbocycles. The van der Waals surface area contributed by atoms with Crippen LogP contribution in [0, 0.1) is 11.6 Å². The van der Waals surface area contributed by atoms with E-state index in [-0.39, 0.29) is 22.2 Å². The first-order valence-electron chi connectivity index (χ1n) is 5.14. The number of benzene rings is 1. The van der Waals surface area contributed by atoms with Gasteiger partial charge >= 0.3 is 0 Å². The molecule has 1 aromatic heterocycles. The van der Waals surface area contributed by atoms with E-state index >= 15 is 0 Å². The highest BCUT2D eigenvalue weighted by atomic mass is 79.9. The Morgan fingerprint density at radius 2 is 2.00 bits per heavy atom. The molecule has 0 radical (unpaired) electrons. The molecule has 0 aliphatic heterocycles. The molecule has 2 aromatic rings. The number of halogens is 3. The summed E-state index contributed by atoms with van der Waals surface area (Å²) in [6, 6.07) is 5.59. The Labute approximate surface area is 111 Å². The average Bonchev–Trinajstić information content (AvgIpc) is 2.34. The van der Waals surface area contributed by atoms with Crippen molar-refractivity contribution in [1.29, 1.82) is 0 Å². The number of carbonyl (C=O) groups excluding carboxylic acids is 1. The number of carbonyl (C=O) groups is 1. The maximum Gasteiger partial charge on any atom is 0.170 e. The number of aromatic nitrogens is 1. The van der Waals surface area contributed by atoms with Gasteiger partial charge in [0, 0.05) is 12.6 Å². The van der Waals surface area contributed by atoms with Crippen molar-refractivity contribution < 1.29 is 13.6 Å². The van der Waals surface area contributed by atoms with Crippen molar-refractivity contribution in [2.75, 3.05) is 0 Å². The highest BCUT2D eigenvalue weighted by molar-refractivity contribution is 9.10. The number of pyridine rings is 1. The molecule has 0 N–H and O–H groups in total. The van der Waals surface area contributed by atoms with Crippen molar-refractivity contribution in [3.63, 3.8) is 0 Å². The Morgan fingerprint density at radius 3 is 2.67 bits per heavy atom. The van der Waals surface area contributed by atoms with Crippen molar-refractivity contribution in [3.8, 4) is 0 Å². The standard InChI is InChI=1S/C13H8BrF2NO/c14-10-5-8(1-2-11(10)15)6-13(18)9-3-4-17-7-12(9)16/h1-5,7H,6H2. The summed E-state index contributed by atoms with van der Waals surface area (Å²) in [4.78, 5) is 15.4. The lowest BCUT2D eigenvalue weighted by atomic mass is 10.0. The van der Waals surface area contributed by atoms with Gasteiger partial charge in [-0.15, -0.1) is 0 Å². The third kappa shape index (κ3) is 2.79. The van der Waals surface area contributed by atoms with Crippen LogP contribution in [0.15, 0.2) is 41.1 Å². The second-order valence-corrected chi connectivity index (χ2v) is 4.56. The van der Waals surface area contributed by atoms with Crippen LogP contribution in [0.4, 0.5) is 8.78 Å². The van der Waals surface area contributed by atoms with Crippen LogP contribution in [-0.2, 0) is 6.42 Å². The summed E-state index contributed by atoms with van der Waals surface area (Å²) >= 11 is 3.04. The zero-order valence-corrected chi connectivity index (χ0v) is 10.7. The van der Waals surface area contributed by atoms with E-state index in [1.54, 1.807) is 0 Å². The highest BCUT2D eigenvalue weighted by Crippen LogP contribution is 2.18. The van der Waals surface area contributed by atoms with Gasteiger partial charge in [0.15, 0.2) is 11.6 Å². The fraction of sp³-hybridized carbons (Fsp3) is 0.0769.